The van der Waals surface area contributed by atoms with Gasteiger partial charge in [-0.15, -0.1) is 0 Å². The van der Waals surface area contributed by atoms with E-state index in [1.54, 1.807) is 0 Å². The van der Waals surface area contributed by atoms with Gasteiger partial charge in [0, 0.05) is 5.75 Å². The molecule has 0 aliphatic carbocycles. The molecule has 12 heavy (non-hydrogen) atoms. The van der Waals surface area contributed by atoms with E-state index in [0.717, 1.165) is 0 Å². The minimum absolute atomic E-state index is 0.265. The van der Waals surface area contributed by atoms with Crippen molar-refractivity contribution in [1.29, 1.82) is 0 Å². The van der Waals surface area contributed by atoms with Crippen molar-refractivity contribution in [2.75, 3.05) is 12.3 Å². The molecule has 0 saturated carbocycles. The standard InChI is InChI=1S/C6H10NO4S/c1-2-12(10,11)6(4-8)5(9)3-7/h6H,2-3,7H2,1H3. The molecule has 1 radical (unpaired) electrons. The van der Waals surface area contributed by atoms with Crippen LogP contribution in [0.2, 0.25) is 0 Å². The molecule has 69 valence electrons. The van der Waals surface area contributed by atoms with Crippen LogP contribution in [0.1, 0.15) is 6.92 Å². The van der Waals surface area contributed by atoms with Gasteiger partial charge in [0.25, 0.3) is 0 Å². The average molecular weight is 192 g/mol. The second-order valence-electron chi connectivity index (χ2n) is 2.12. The van der Waals surface area contributed by atoms with Gasteiger partial charge in [0.15, 0.2) is 20.9 Å². The number of sulfone groups is 1. The highest BCUT2D eigenvalue weighted by Crippen LogP contribution is 2.00. The van der Waals surface area contributed by atoms with E-state index in [4.69, 9.17) is 5.73 Å². The topological polar surface area (TPSA) is 94.3 Å². The minimum atomic E-state index is -3.67. The maximum absolute atomic E-state index is 11.0. The van der Waals surface area contributed by atoms with Crippen LogP contribution in [0.3, 0.4) is 0 Å². The second-order valence-corrected chi connectivity index (χ2v) is 4.49. The van der Waals surface area contributed by atoms with Crippen LogP contribution in [0.4, 0.5) is 0 Å². The smallest absolute Gasteiger partial charge is 0.225 e. The normalized spacial score (nSPS) is 13.8. The summed E-state index contributed by atoms with van der Waals surface area (Å²) in [5.74, 6) is -1.08. The fraction of sp³-hybridized carbons (Fsp3) is 0.667. The Morgan fingerprint density at radius 2 is 2.08 bits per heavy atom. The lowest BCUT2D eigenvalue weighted by Gasteiger charge is -2.05. The third kappa shape index (κ3) is 2.38. The maximum atomic E-state index is 11.0. The van der Waals surface area contributed by atoms with Gasteiger partial charge < -0.3 is 5.73 Å². The van der Waals surface area contributed by atoms with Gasteiger partial charge in [-0.3, -0.25) is 9.59 Å². The van der Waals surface area contributed by atoms with Crippen LogP contribution < -0.4 is 5.73 Å². The first-order valence-corrected chi connectivity index (χ1v) is 5.03. The third-order valence-corrected chi connectivity index (χ3v) is 3.24. The van der Waals surface area contributed by atoms with Crippen molar-refractivity contribution < 1.29 is 18.0 Å². The van der Waals surface area contributed by atoms with Gasteiger partial charge in [0.2, 0.25) is 6.29 Å². The zero-order valence-corrected chi connectivity index (χ0v) is 7.43. The Morgan fingerprint density at radius 1 is 1.58 bits per heavy atom. The first-order chi connectivity index (χ1) is 5.49. The van der Waals surface area contributed by atoms with Crippen LogP contribution in [-0.4, -0.2) is 38.0 Å². The molecule has 0 aromatic heterocycles. The average Bonchev–Trinajstić information content (AvgIpc) is 2.05. The highest BCUT2D eigenvalue weighted by Gasteiger charge is 2.30. The summed E-state index contributed by atoms with van der Waals surface area (Å²) in [7, 11) is -3.67. The molecule has 0 bridgehead atoms. The molecule has 0 rings (SSSR count). The molecule has 5 nitrogen and oxygen atoms in total. The quantitative estimate of drug-likeness (QED) is 0.531. The van der Waals surface area contributed by atoms with E-state index >= 15 is 0 Å². The van der Waals surface area contributed by atoms with Crippen molar-refractivity contribution in [3.63, 3.8) is 0 Å². The van der Waals surface area contributed by atoms with Gasteiger partial charge >= 0.3 is 0 Å². The van der Waals surface area contributed by atoms with E-state index in [0.29, 0.717) is 0 Å². The van der Waals surface area contributed by atoms with E-state index in [-0.39, 0.29) is 5.75 Å². The van der Waals surface area contributed by atoms with Crippen molar-refractivity contribution >= 4 is 21.9 Å². The van der Waals surface area contributed by atoms with Crippen LogP contribution in [0.15, 0.2) is 0 Å². The van der Waals surface area contributed by atoms with E-state index in [9.17, 15) is 18.0 Å². The number of hydrogen-bond acceptors (Lipinski definition) is 5. The number of ketones is 1. The van der Waals surface area contributed by atoms with Crippen molar-refractivity contribution in [2.24, 2.45) is 5.73 Å². The predicted octanol–water partition coefficient (Wildman–Crippen LogP) is -1.57. The number of carbonyl (C=O) groups excluding carboxylic acids is 2. The zero-order valence-electron chi connectivity index (χ0n) is 6.61. The summed E-state index contributed by atoms with van der Waals surface area (Å²) in [4.78, 5) is 20.9. The van der Waals surface area contributed by atoms with E-state index in [1.165, 1.54) is 13.2 Å². The van der Waals surface area contributed by atoms with Crippen LogP contribution in [0.5, 0.6) is 0 Å². The van der Waals surface area contributed by atoms with Crippen LogP contribution in [0.25, 0.3) is 0 Å². The van der Waals surface area contributed by atoms with Crippen LogP contribution in [-0.2, 0) is 19.4 Å². The van der Waals surface area contributed by atoms with Crippen molar-refractivity contribution in [1.82, 2.24) is 0 Å². The molecule has 0 aliphatic rings. The molecule has 0 spiro atoms. The number of carbonyl (C=O) groups is 1. The van der Waals surface area contributed by atoms with Crippen molar-refractivity contribution in [3.8, 4) is 0 Å². The highest BCUT2D eigenvalue weighted by atomic mass is 32.2. The summed E-state index contributed by atoms with van der Waals surface area (Å²) in [6, 6.07) is 0. The predicted molar refractivity (Wildman–Crippen MR) is 43.0 cm³/mol. The maximum Gasteiger partial charge on any atom is 0.225 e. The summed E-state index contributed by atoms with van der Waals surface area (Å²) in [6.45, 7) is 0.891. The third-order valence-electron chi connectivity index (χ3n) is 1.36. The lowest BCUT2D eigenvalue weighted by atomic mass is 10.3. The summed E-state index contributed by atoms with van der Waals surface area (Å²) in [5, 5.41) is -1.70. The number of hydrogen-bond donors (Lipinski definition) is 1. The fourth-order valence-corrected chi connectivity index (χ4v) is 1.59. The van der Waals surface area contributed by atoms with E-state index in [2.05, 4.69) is 0 Å². The number of nitrogens with two attached hydrogens (primary N) is 1. The number of rotatable bonds is 5. The summed E-state index contributed by atoms with van der Waals surface area (Å²) in [5.41, 5.74) is 4.91. The Hall–Kier alpha value is -0.750. The molecule has 0 heterocycles. The first kappa shape index (κ1) is 11.2. The molecular formula is C6H10NO4S. The molecule has 0 saturated heterocycles. The molecule has 0 amide bonds. The van der Waals surface area contributed by atoms with Crippen molar-refractivity contribution in [3.05, 3.63) is 0 Å². The molecular weight excluding hydrogens is 182 g/mol. The minimum Gasteiger partial charge on any atom is -0.324 e. The largest absolute Gasteiger partial charge is 0.324 e. The second kappa shape index (κ2) is 4.32. The zero-order chi connectivity index (χ0) is 9.78. The van der Waals surface area contributed by atoms with Gasteiger partial charge in [-0.1, -0.05) is 6.92 Å². The Bertz CT molecular complexity index is 269. The molecule has 0 aromatic rings. The van der Waals surface area contributed by atoms with E-state index < -0.39 is 27.4 Å². The Labute approximate surface area is 70.9 Å². The Morgan fingerprint density at radius 3 is 2.33 bits per heavy atom. The highest BCUT2D eigenvalue weighted by molar-refractivity contribution is 7.93. The monoisotopic (exact) mass is 192 g/mol. The summed E-state index contributed by atoms with van der Waals surface area (Å²) < 4.78 is 22.0. The fourth-order valence-electron chi connectivity index (χ4n) is 0.613. The molecule has 2 N–H and O–H groups in total. The Kier molecular flexibility index (Phi) is 4.05. The molecule has 6 heteroatoms. The van der Waals surface area contributed by atoms with E-state index in [1.807, 2.05) is 0 Å². The molecule has 1 unspecified atom stereocenters. The Balaban J connectivity index is 4.81. The molecule has 0 aliphatic heterocycles. The van der Waals surface area contributed by atoms with Gasteiger partial charge in [-0.25, -0.2) is 8.42 Å². The SMILES string of the molecule is CCS(=O)(=O)C([C]=O)C(=O)CN. The van der Waals surface area contributed by atoms with Gasteiger partial charge in [0.1, 0.15) is 0 Å². The summed E-state index contributed by atoms with van der Waals surface area (Å²) >= 11 is 0. The first-order valence-electron chi connectivity index (χ1n) is 3.31. The molecule has 0 fully saturated rings. The van der Waals surface area contributed by atoms with Crippen LogP contribution in [0, 0.1) is 0 Å². The van der Waals surface area contributed by atoms with Crippen LogP contribution >= 0.6 is 0 Å². The van der Waals surface area contributed by atoms with Gasteiger partial charge in [-0.2, -0.15) is 0 Å². The summed E-state index contributed by atoms with van der Waals surface area (Å²) in [6.07, 6.45) is 1.18. The van der Waals surface area contributed by atoms with Gasteiger partial charge in [-0.05, 0) is 0 Å². The van der Waals surface area contributed by atoms with Crippen molar-refractivity contribution in [2.45, 2.75) is 12.2 Å². The lowest BCUT2D eigenvalue weighted by Crippen LogP contribution is -2.37. The van der Waals surface area contributed by atoms with Gasteiger partial charge in [0.05, 0.1) is 6.54 Å². The number of Topliss-reactive ketones (excluding diaryl/α,β-unsaturated/α-hetero) is 1. The molecule has 0 aromatic carbocycles. The lowest BCUT2D eigenvalue weighted by molar-refractivity contribution is -0.116. The molecule has 1 atom stereocenters.